The Labute approximate surface area is 187 Å². The van der Waals surface area contributed by atoms with Crippen LogP contribution in [0.15, 0.2) is 18.2 Å². The van der Waals surface area contributed by atoms with E-state index < -0.39 is 23.1 Å². The van der Waals surface area contributed by atoms with Crippen LogP contribution in [0.25, 0.3) is 0 Å². The molecule has 3 rings (SSSR count). The predicted octanol–water partition coefficient (Wildman–Crippen LogP) is 3.88. The maximum absolute atomic E-state index is 13.3. The van der Waals surface area contributed by atoms with E-state index in [0.717, 1.165) is 10.4 Å². The van der Waals surface area contributed by atoms with Crippen LogP contribution < -0.4 is 9.64 Å². The van der Waals surface area contributed by atoms with E-state index in [1.807, 2.05) is 12.1 Å². The van der Waals surface area contributed by atoms with Gasteiger partial charge in [-0.2, -0.15) is 18.3 Å². The van der Waals surface area contributed by atoms with Gasteiger partial charge in [0.25, 0.3) is 0 Å². The van der Waals surface area contributed by atoms with Crippen molar-refractivity contribution in [3.8, 4) is 5.75 Å². The summed E-state index contributed by atoms with van der Waals surface area (Å²) in [5.74, 6) is 0.544. The van der Waals surface area contributed by atoms with Crippen molar-refractivity contribution in [2.45, 2.75) is 18.9 Å². The van der Waals surface area contributed by atoms with Crippen LogP contribution in [0.3, 0.4) is 0 Å². The van der Waals surface area contributed by atoms with Gasteiger partial charge >= 0.3 is 6.18 Å². The van der Waals surface area contributed by atoms with Gasteiger partial charge in [0.05, 0.1) is 29.5 Å². The lowest BCUT2D eigenvalue weighted by Crippen LogP contribution is -2.49. The summed E-state index contributed by atoms with van der Waals surface area (Å²) in [5.41, 5.74) is -0.344. The van der Waals surface area contributed by atoms with E-state index in [1.54, 1.807) is 11.0 Å². The van der Waals surface area contributed by atoms with Crippen LogP contribution >= 0.6 is 23.2 Å². The summed E-state index contributed by atoms with van der Waals surface area (Å²) in [4.78, 5) is 15.7. The molecule has 0 radical (unpaired) electrons. The fraction of sp³-hybridized carbons (Fsp3) is 0.474. The number of carbonyl (C=O) groups is 1. The Kier molecular flexibility index (Phi) is 7.35. The molecule has 1 aromatic heterocycles. The molecule has 1 fully saturated rings. The van der Waals surface area contributed by atoms with Crippen molar-refractivity contribution in [3.63, 3.8) is 0 Å². The molecule has 2 heterocycles. The van der Waals surface area contributed by atoms with Crippen LogP contribution in [0.2, 0.25) is 10.0 Å². The smallest absolute Gasteiger partial charge is 0.436 e. The lowest BCUT2D eigenvalue weighted by molar-refractivity contribution is -0.142. The number of rotatable bonds is 7. The number of methoxy groups -OCH3 is 2. The third kappa shape index (κ3) is 4.92. The summed E-state index contributed by atoms with van der Waals surface area (Å²) >= 11 is 12.0. The molecule has 0 saturated carbocycles. The zero-order valence-electron chi connectivity index (χ0n) is 16.8. The van der Waals surface area contributed by atoms with Gasteiger partial charge in [-0.3, -0.25) is 9.69 Å². The molecule has 12 heteroatoms. The Hall–Kier alpha value is -2.01. The Morgan fingerprint density at radius 1 is 1.19 bits per heavy atom. The highest BCUT2D eigenvalue weighted by Gasteiger charge is 2.40. The van der Waals surface area contributed by atoms with Gasteiger partial charge < -0.3 is 14.4 Å². The lowest BCUT2D eigenvalue weighted by atomic mass is 10.2. The number of nitrogens with zero attached hydrogens (tertiary/aromatic N) is 4. The molecule has 170 valence electrons. The normalized spacial score (nSPS) is 16.4. The number of halogens is 5. The summed E-state index contributed by atoms with van der Waals surface area (Å²) in [6, 6.07) is 5.41. The number of piperazine rings is 1. The monoisotopic (exact) mass is 480 g/mol. The zero-order valence-corrected chi connectivity index (χ0v) is 18.3. The first-order chi connectivity index (χ1) is 14.7. The lowest BCUT2D eigenvalue weighted by Gasteiger charge is -2.38. The van der Waals surface area contributed by atoms with Crippen LogP contribution in [-0.2, 0) is 22.3 Å². The summed E-state index contributed by atoms with van der Waals surface area (Å²) < 4.78 is 51.1. The standard InChI is InChI=1S/C19H21Cl2F3N4O3/c1-30-11-14-17(21)18(19(22,23)24)25-28(14)16(10-29)27-7-5-26(6-8-27)12-3-4-13(20)15(9-12)31-2/h3-4,9-10,16H,5-8,11H2,1-2H3. The number of hydrogen-bond acceptors (Lipinski definition) is 6. The number of hydrogen-bond donors (Lipinski definition) is 0. The van der Waals surface area contributed by atoms with Crippen molar-refractivity contribution in [1.29, 1.82) is 0 Å². The molecule has 0 bridgehead atoms. The Morgan fingerprint density at radius 2 is 1.87 bits per heavy atom. The number of alkyl halides is 3. The van der Waals surface area contributed by atoms with E-state index in [9.17, 15) is 18.0 Å². The van der Waals surface area contributed by atoms with Crippen molar-refractivity contribution in [2.24, 2.45) is 0 Å². The molecule has 1 unspecified atom stereocenters. The van der Waals surface area contributed by atoms with Gasteiger partial charge in [0.15, 0.2) is 18.1 Å². The van der Waals surface area contributed by atoms with Gasteiger partial charge in [0, 0.05) is 45.0 Å². The van der Waals surface area contributed by atoms with Gasteiger partial charge in [-0.1, -0.05) is 23.2 Å². The molecule has 0 aliphatic carbocycles. The van der Waals surface area contributed by atoms with Crippen LogP contribution in [0, 0.1) is 0 Å². The quantitative estimate of drug-likeness (QED) is 0.560. The summed E-state index contributed by atoms with van der Waals surface area (Å²) in [7, 11) is 2.86. The van der Waals surface area contributed by atoms with E-state index in [2.05, 4.69) is 10.00 Å². The second kappa shape index (κ2) is 9.64. The molecule has 1 aliphatic rings. The second-order valence-corrected chi connectivity index (χ2v) is 7.66. The molecule has 0 spiro atoms. The van der Waals surface area contributed by atoms with Gasteiger partial charge in [0.1, 0.15) is 5.75 Å². The first kappa shape index (κ1) is 23.6. The van der Waals surface area contributed by atoms with Crippen LogP contribution in [0.4, 0.5) is 18.9 Å². The largest absolute Gasteiger partial charge is 0.495 e. The van der Waals surface area contributed by atoms with Crippen LogP contribution in [0.1, 0.15) is 17.6 Å². The molecule has 1 aromatic carbocycles. The third-order valence-corrected chi connectivity index (χ3v) is 5.77. The average Bonchev–Trinajstić information content (AvgIpc) is 3.06. The van der Waals surface area contributed by atoms with E-state index in [0.29, 0.717) is 43.2 Å². The molecular formula is C19H21Cl2F3N4O3. The van der Waals surface area contributed by atoms with Crippen molar-refractivity contribution in [1.82, 2.24) is 14.7 Å². The molecule has 0 N–H and O–H groups in total. The molecule has 7 nitrogen and oxygen atoms in total. The summed E-state index contributed by atoms with van der Waals surface area (Å²) in [6.07, 6.45) is -5.23. The number of aromatic nitrogens is 2. The van der Waals surface area contributed by atoms with E-state index in [4.69, 9.17) is 32.7 Å². The average molecular weight is 481 g/mol. The number of anilines is 1. The highest BCUT2D eigenvalue weighted by atomic mass is 35.5. The van der Waals surface area contributed by atoms with Crippen molar-refractivity contribution in [3.05, 3.63) is 39.6 Å². The minimum Gasteiger partial charge on any atom is -0.495 e. The van der Waals surface area contributed by atoms with Crippen LogP contribution in [-0.4, -0.2) is 61.4 Å². The predicted molar refractivity (Wildman–Crippen MR) is 110 cm³/mol. The maximum Gasteiger partial charge on any atom is 0.436 e. The van der Waals surface area contributed by atoms with E-state index in [-0.39, 0.29) is 12.3 Å². The molecule has 1 atom stereocenters. The molecule has 2 aromatic rings. The molecule has 1 saturated heterocycles. The van der Waals surface area contributed by atoms with E-state index >= 15 is 0 Å². The first-order valence-corrected chi connectivity index (χ1v) is 10.1. The van der Waals surface area contributed by atoms with Crippen molar-refractivity contribution < 1.29 is 27.4 Å². The molecule has 1 aliphatic heterocycles. The molecule has 31 heavy (non-hydrogen) atoms. The molecular weight excluding hydrogens is 460 g/mol. The minimum atomic E-state index is -4.75. The summed E-state index contributed by atoms with van der Waals surface area (Å²) in [5, 5.41) is 3.55. The van der Waals surface area contributed by atoms with Crippen molar-refractivity contribution in [2.75, 3.05) is 45.3 Å². The van der Waals surface area contributed by atoms with Gasteiger partial charge in [-0.15, -0.1) is 0 Å². The van der Waals surface area contributed by atoms with Crippen molar-refractivity contribution >= 4 is 35.2 Å². The highest BCUT2D eigenvalue weighted by molar-refractivity contribution is 6.32. The highest BCUT2D eigenvalue weighted by Crippen LogP contribution is 2.37. The fourth-order valence-electron chi connectivity index (χ4n) is 3.50. The number of benzene rings is 1. The van der Waals surface area contributed by atoms with Crippen LogP contribution in [0.5, 0.6) is 5.75 Å². The number of aldehydes is 1. The first-order valence-electron chi connectivity index (χ1n) is 9.32. The Bertz CT molecular complexity index is 931. The fourth-order valence-corrected chi connectivity index (χ4v) is 3.98. The zero-order chi connectivity index (χ0) is 22.8. The minimum absolute atomic E-state index is 0.00143. The SMILES string of the molecule is COCc1c(Cl)c(C(F)(F)F)nn1C(C=O)N1CCN(c2ccc(Cl)c(OC)c2)CC1. The number of carbonyl (C=O) groups excluding carboxylic acids is 1. The second-order valence-electron chi connectivity index (χ2n) is 6.88. The van der Waals surface area contributed by atoms with Gasteiger partial charge in [0.2, 0.25) is 0 Å². The van der Waals surface area contributed by atoms with Gasteiger partial charge in [-0.25, -0.2) is 4.68 Å². The molecule has 0 amide bonds. The topological polar surface area (TPSA) is 59.8 Å². The maximum atomic E-state index is 13.3. The summed E-state index contributed by atoms with van der Waals surface area (Å²) in [6.45, 7) is 1.70. The van der Waals surface area contributed by atoms with Gasteiger partial charge in [-0.05, 0) is 12.1 Å². The Balaban J connectivity index is 1.81. The third-order valence-electron chi connectivity index (χ3n) is 5.06. The number of ether oxygens (including phenoxy) is 2. The van der Waals surface area contributed by atoms with E-state index in [1.165, 1.54) is 14.2 Å². The Morgan fingerprint density at radius 3 is 2.42 bits per heavy atom.